The zero-order valence-corrected chi connectivity index (χ0v) is 7.14. The predicted octanol–water partition coefficient (Wildman–Crippen LogP) is 2.16. The zero-order valence-electron chi connectivity index (χ0n) is 7.14. The molecule has 1 saturated carbocycles. The summed E-state index contributed by atoms with van der Waals surface area (Å²) in [5.74, 6) is 1.62. The molecule has 1 fully saturated rings. The fourth-order valence-corrected chi connectivity index (χ4v) is 1.82. The van der Waals surface area contributed by atoms with E-state index < -0.39 is 0 Å². The Hall–Kier alpha value is -0.0400. The Morgan fingerprint density at radius 2 is 1.90 bits per heavy atom. The molecule has 2 N–H and O–H groups in total. The van der Waals surface area contributed by atoms with Crippen LogP contribution in [-0.4, -0.2) is 6.04 Å². The normalized spacial score (nSPS) is 42.9. The van der Waals surface area contributed by atoms with E-state index in [1.54, 1.807) is 0 Å². The smallest absolute Gasteiger partial charge is 0.00670 e. The lowest BCUT2D eigenvalue weighted by Gasteiger charge is -2.17. The molecule has 1 nitrogen and oxygen atoms in total. The number of rotatable bonds is 0. The first-order chi connectivity index (χ1) is 4.70. The predicted molar refractivity (Wildman–Crippen MR) is 44.8 cm³/mol. The maximum absolute atomic E-state index is 5.97. The van der Waals surface area contributed by atoms with Crippen LogP contribution in [-0.2, 0) is 0 Å². The maximum Gasteiger partial charge on any atom is 0.00670 e. The van der Waals surface area contributed by atoms with Crippen molar-refractivity contribution in [1.29, 1.82) is 0 Å². The first kappa shape index (κ1) is 8.06. The second kappa shape index (κ2) is 3.38. The SMILES string of the molecule is CC1CCCC(C)C(N)C1. The van der Waals surface area contributed by atoms with Crippen molar-refractivity contribution in [2.45, 2.75) is 45.6 Å². The van der Waals surface area contributed by atoms with Crippen LogP contribution in [0, 0.1) is 11.8 Å². The highest BCUT2D eigenvalue weighted by Crippen LogP contribution is 2.25. The van der Waals surface area contributed by atoms with Crippen LogP contribution in [0.1, 0.15) is 39.5 Å². The van der Waals surface area contributed by atoms with E-state index in [2.05, 4.69) is 13.8 Å². The summed E-state index contributed by atoms with van der Waals surface area (Å²) in [6.45, 7) is 4.60. The lowest BCUT2D eigenvalue weighted by Crippen LogP contribution is -2.28. The largest absolute Gasteiger partial charge is 0.327 e. The zero-order chi connectivity index (χ0) is 7.56. The van der Waals surface area contributed by atoms with Gasteiger partial charge in [0, 0.05) is 6.04 Å². The molecule has 1 aliphatic carbocycles. The molecule has 60 valence electrons. The molecule has 0 aromatic heterocycles. The van der Waals surface area contributed by atoms with Gasteiger partial charge in [0.25, 0.3) is 0 Å². The fourth-order valence-electron chi connectivity index (χ4n) is 1.82. The van der Waals surface area contributed by atoms with Crippen LogP contribution in [0.4, 0.5) is 0 Å². The Labute approximate surface area is 64.0 Å². The van der Waals surface area contributed by atoms with E-state index in [9.17, 15) is 0 Å². The van der Waals surface area contributed by atoms with Gasteiger partial charge in [-0.3, -0.25) is 0 Å². The van der Waals surface area contributed by atoms with Crippen molar-refractivity contribution in [3.05, 3.63) is 0 Å². The summed E-state index contributed by atoms with van der Waals surface area (Å²) in [5, 5.41) is 0. The summed E-state index contributed by atoms with van der Waals surface area (Å²) < 4.78 is 0. The highest BCUT2D eigenvalue weighted by Gasteiger charge is 2.19. The number of nitrogens with two attached hydrogens (primary N) is 1. The van der Waals surface area contributed by atoms with E-state index >= 15 is 0 Å². The Bertz CT molecular complexity index is 101. The molecule has 0 saturated heterocycles. The molecule has 0 aromatic rings. The van der Waals surface area contributed by atoms with Gasteiger partial charge in [0.1, 0.15) is 0 Å². The van der Waals surface area contributed by atoms with Gasteiger partial charge in [0.05, 0.1) is 0 Å². The second-order valence-corrected chi connectivity index (χ2v) is 3.91. The molecule has 3 atom stereocenters. The van der Waals surface area contributed by atoms with Crippen molar-refractivity contribution in [3.8, 4) is 0 Å². The minimum absolute atomic E-state index is 0.470. The quantitative estimate of drug-likeness (QED) is 0.514. The highest BCUT2D eigenvalue weighted by molar-refractivity contribution is 4.75. The van der Waals surface area contributed by atoms with Crippen molar-refractivity contribution in [3.63, 3.8) is 0 Å². The van der Waals surface area contributed by atoms with E-state index in [0.29, 0.717) is 6.04 Å². The van der Waals surface area contributed by atoms with Crippen molar-refractivity contribution in [2.75, 3.05) is 0 Å². The van der Waals surface area contributed by atoms with Gasteiger partial charge in [-0.25, -0.2) is 0 Å². The van der Waals surface area contributed by atoms with Crippen LogP contribution in [0.2, 0.25) is 0 Å². The molecular formula is C9H19N. The molecule has 0 heterocycles. The van der Waals surface area contributed by atoms with Crippen molar-refractivity contribution < 1.29 is 0 Å². The van der Waals surface area contributed by atoms with Crippen LogP contribution < -0.4 is 5.73 Å². The third-order valence-electron chi connectivity index (χ3n) is 2.76. The average molecular weight is 141 g/mol. The minimum Gasteiger partial charge on any atom is -0.327 e. The molecule has 0 amide bonds. The summed E-state index contributed by atoms with van der Waals surface area (Å²) in [6, 6.07) is 0.470. The Balaban J connectivity index is 2.41. The molecule has 0 aromatic carbocycles. The van der Waals surface area contributed by atoms with E-state index in [-0.39, 0.29) is 0 Å². The first-order valence-electron chi connectivity index (χ1n) is 4.45. The van der Waals surface area contributed by atoms with Crippen LogP contribution in [0.5, 0.6) is 0 Å². The summed E-state index contributed by atoms with van der Waals surface area (Å²) in [6.07, 6.45) is 5.35. The Morgan fingerprint density at radius 3 is 2.60 bits per heavy atom. The standard InChI is InChI=1S/C9H19N/c1-7-4-3-5-8(2)9(10)6-7/h7-9H,3-6,10H2,1-2H3. The van der Waals surface area contributed by atoms with Gasteiger partial charge in [0.15, 0.2) is 0 Å². The number of hydrogen-bond donors (Lipinski definition) is 1. The first-order valence-corrected chi connectivity index (χ1v) is 4.45. The van der Waals surface area contributed by atoms with E-state index in [0.717, 1.165) is 11.8 Å². The molecule has 0 radical (unpaired) electrons. The summed E-state index contributed by atoms with van der Waals surface area (Å²) >= 11 is 0. The van der Waals surface area contributed by atoms with Gasteiger partial charge in [-0.1, -0.05) is 26.7 Å². The van der Waals surface area contributed by atoms with Gasteiger partial charge >= 0.3 is 0 Å². The van der Waals surface area contributed by atoms with Crippen LogP contribution in [0.25, 0.3) is 0 Å². The average Bonchev–Trinajstić information content (AvgIpc) is 1.96. The van der Waals surface area contributed by atoms with E-state index in [1.165, 1.54) is 25.7 Å². The van der Waals surface area contributed by atoms with Crippen LogP contribution >= 0.6 is 0 Å². The lowest BCUT2D eigenvalue weighted by atomic mass is 9.96. The summed E-state index contributed by atoms with van der Waals surface area (Å²) in [7, 11) is 0. The lowest BCUT2D eigenvalue weighted by molar-refractivity contribution is 0.404. The molecule has 1 aliphatic rings. The highest BCUT2D eigenvalue weighted by atomic mass is 14.6. The van der Waals surface area contributed by atoms with Gasteiger partial charge in [0.2, 0.25) is 0 Å². The minimum atomic E-state index is 0.470. The molecule has 0 spiro atoms. The van der Waals surface area contributed by atoms with Gasteiger partial charge < -0.3 is 5.73 Å². The molecule has 0 bridgehead atoms. The van der Waals surface area contributed by atoms with Crippen molar-refractivity contribution in [1.82, 2.24) is 0 Å². The maximum atomic E-state index is 5.97. The second-order valence-electron chi connectivity index (χ2n) is 3.91. The molecule has 0 aliphatic heterocycles. The fraction of sp³-hybridized carbons (Fsp3) is 1.00. The Morgan fingerprint density at radius 1 is 1.20 bits per heavy atom. The summed E-state index contributed by atoms with van der Waals surface area (Å²) in [4.78, 5) is 0. The molecule has 1 rings (SSSR count). The third kappa shape index (κ3) is 1.98. The van der Waals surface area contributed by atoms with E-state index in [4.69, 9.17) is 5.73 Å². The molecular weight excluding hydrogens is 122 g/mol. The van der Waals surface area contributed by atoms with Crippen LogP contribution in [0.3, 0.4) is 0 Å². The van der Waals surface area contributed by atoms with Gasteiger partial charge in [-0.15, -0.1) is 0 Å². The third-order valence-corrected chi connectivity index (χ3v) is 2.76. The van der Waals surface area contributed by atoms with Crippen LogP contribution in [0.15, 0.2) is 0 Å². The van der Waals surface area contributed by atoms with E-state index in [1.807, 2.05) is 0 Å². The van der Waals surface area contributed by atoms with Crippen molar-refractivity contribution in [2.24, 2.45) is 17.6 Å². The monoisotopic (exact) mass is 141 g/mol. The summed E-state index contributed by atoms with van der Waals surface area (Å²) in [5.41, 5.74) is 5.97. The molecule has 10 heavy (non-hydrogen) atoms. The molecule has 1 heteroatoms. The molecule has 3 unspecified atom stereocenters. The van der Waals surface area contributed by atoms with Gasteiger partial charge in [-0.05, 0) is 24.7 Å². The Kier molecular flexibility index (Phi) is 2.72. The topological polar surface area (TPSA) is 26.0 Å². The van der Waals surface area contributed by atoms with Gasteiger partial charge in [-0.2, -0.15) is 0 Å². The number of hydrogen-bond acceptors (Lipinski definition) is 1. The van der Waals surface area contributed by atoms with Crippen molar-refractivity contribution >= 4 is 0 Å².